The van der Waals surface area contributed by atoms with Crippen LogP contribution in [-0.4, -0.2) is 25.3 Å². The van der Waals surface area contributed by atoms with Gasteiger partial charge in [0.1, 0.15) is 5.82 Å². The van der Waals surface area contributed by atoms with Gasteiger partial charge in [-0.3, -0.25) is 4.79 Å². The molecule has 1 atom stereocenters. The summed E-state index contributed by atoms with van der Waals surface area (Å²) in [7, 11) is 1.54. The van der Waals surface area contributed by atoms with Crippen LogP contribution in [-0.2, 0) is 4.74 Å². The number of amides is 1. The summed E-state index contributed by atoms with van der Waals surface area (Å²) in [4.78, 5) is 13.4. The van der Waals surface area contributed by atoms with Gasteiger partial charge in [-0.2, -0.15) is 0 Å². The monoisotopic (exact) mass is 333 g/mol. The van der Waals surface area contributed by atoms with E-state index in [1.54, 1.807) is 37.1 Å². The summed E-state index contributed by atoms with van der Waals surface area (Å²) in [6.07, 6.45) is -0.388. The topological polar surface area (TPSA) is 38.3 Å². The molecule has 0 aliphatic heterocycles. The van der Waals surface area contributed by atoms with E-state index in [0.29, 0.717) is 11.1 Å². The van der Waals surface area contributed by atoms with Gasteiger partial charge in [-0.1, -0.05) is 31.2 Å². The van der Waals surface area contributed by atoms with E-state index in [0.717, 1.165) is 10.6 Å². The first-order valence-electron chi connectivity index (χ1n) is 7.44. The van der Waals surface area contributed by atoms with Crippen molar-refractivity contribution in [3.05, 3.63) is 65.5 Å². The number of methoxy groups -OCH3 is 1. The largest absolute Gasteiger partial charge is 0.375 e. The second-order valence-electron chi connectivity index (χ2n) is 4.92. The Morgan fingerprint density at radius 3 is 2.74 bits per heavy atom. The number of carbonyl (C=O) groups is 1. The maximum Gasteiger partial charge on any atom is 0.252 e. The highest BCUT2D eigenvalue weighted by molar-refractivity contribution is 7.99. The molecule has 122 valence electrons. The van der Waals surface area contributed by atoms with E-state index in [9.17, 15) is 9.18 Å². The summed E-state index contributed by atoms with van der Waals surface area (Å²) in [6.45, 7) is 2.33. The molecule has 0 bridgehead atoms. The number of carbonyl (C=O) groups excluding carboxylic acids is 1. The first-order chi connectivity index (χ1) is 11.2. The average Bonchev–Trinajstić information content (AvgIpc) is 2.56. The highest BCUT2D eigenvalue weighted by Gasteiger charge is 2.15. The minimum Gasteiger partial charge on any atom is -0.375 e. The lowest BCUT2D eigenvalue weighted by molar-refractivity contribution is 0.0825. The predicted molar refractivity (Wildman–Crippen MR) is 91.3 cm³/mol. The number of rotatable bonds is 7. The Balaban J connectivity index is 2.05. The lowest BCUT2D eigenvalue weighted by Gasteiger charge is -2.17. The summed E-state index contributed by atoms with van der Waals surface area (Å²) < 4.78 is 18.7. The highest BCUT2D eigenvalue weighted by atomic mass is 32.2. The van der Waals surface area contributed by atoms with Gasteiger partial charge in [0.2, 0.25) is 0 Å². The van der Waals surface area contributed by atoms with Crippen LogP contribution >= 0.6 is 11.8 Å². The molecule has 0 aliphatic carbocycles. The number of hydrogen-bond donors (Lipinski definition) is 1. The zero-order valence-electron chi connectivity index (χ0n) is 13.2. The van der Waals surface area contributed by atoms with Gasteiger partial charge in [0, 0.05) is 18.6 Å². The molecule has 0 fully saturated rings. The van der Waals surface area contributed by atoms with Crippen LogP contribution in [0, 0.1) is 5.82 Å². The molecule has 1 amide bonds. The molecule has 3 nitrogen and oxygen atoms in total. The van der Waals surface area contributed by atoms with E-state index in [1.807, 2.05) is 25.1 Å². The molecule has 0 heterocycles. The van der Waals surface area contributed by atoms with Gasteiger partial charge in [-0.05, 0) is 35.6 Å². The van der Waals surface area contributed by atoms with Gasteiger partial charge in [0.25, 0.3) is 5.91 Å². The molecule has 0 aromatic heterocycles. The van der Waals surface area contributed by atoms with Crippen LogP contribution < -0.4 is 5.32 Å². The number of benzene rings is 2. The molecule has 5 heteroatoms. The second kappa shape index (κ2) is 8.70. The van der Waals surface area contributed by atoms with Gasteiger partial charge in [0.05, 0.1) is 11.7 Å². The van der Waals surface area contributed by atoms with Crippen LogP contribution in [0.4, 0.5) is 4.39 Å². The van der Waals surface area contributed by atoms with Gasteiger partial charge in [0.15, 0.2) is 0 Å². The van der Waals surface area contributed by atoms with Crippen molar-refractivity contribution in [3.63, 3.8) is 0 Å². The average molecular weight is 333 g/mol. The first kappa shape index (κ1) is 17.5. The Kier molecular flexibility index (Phi) is 6.62. The molecule has 2 aromatic carbocycles. The minimum absolute atomic E-state index is 0.153. The summed E-state index contributed by atoms with van der Waals surface area (Å²) in [5, 5.41) is 2.87. The lowest BCUT2D eigenvalue weighted by atomic mass is 10.1. The normalized spacial score (nSPS) is 12.0. The first-order valence-corrected chi connectivity index (χ1v) is 8.42. The fourth-order valence-corrected chi connectivity index (χ4v) is 3.06. The Labute approximate surface area is 140 Å². The highest BCUT2D eigenvalue weighted by Crippen LogP contribution is 2.22. The zero-order chi connectivity index (χ0) is 16.7. The number of halogens is 1. The van der Waals surface area contributed by atoms with Crippen molar-refractivity contribution in [2.45, 2.75) is 17.9 Å². The van der Waals surface area contributed by atoms with Crippen molar-refractivity contribution in [2.75, 3.05) is 19.4 Å². The summed E-state index contributed by atoms with van der Waals surface area (Å²) in [6, 6.07) is 13.7. The molecule has 0 aliphatic rings. The van der Waals surface area contributed by atoms with Crippen molar-refractivity contribution in [3.8, 4) is 0 Å². The number of hydrogen-bond acceptors (Lipinski definition) is 3. The molecular formula is C18H20FNO2S. The SMILES string of the molecule is CCSc1ccccc1C(=O)NC[C@H](OC)c1cccc(F)c1. The van der Waals surface area contributed by atoms with Crippen LogP contribution in [0.25, 0.3) is 0 Å². The van der Waals surface area contributed by atoms with Crippen LogP contribution in [0.1, 0.15) is 28.9 Å². The number of thioether (sulfide) groups is 1. The fourth-order valence-electron chi connectivity index (χ4n) is 2.26. The molecule has 0 unspecified atom stereocenters. The molecule has 0 radical (unpaired) electrons. The van der Waals surface area contributed by atoms with Crippen molar-refractivity contribution in [1.82, 2.24) is 5.32 Å². The minimum atomic E-state index is -0.388. The summed E-state index contributed by atoms with van der Waals surface area (Å²) in [5.74, 6) is 0.425. The quantitative estimate of drug-likeness (QED) is 0.777. The standard InChI is InChI=1S/C18H20FNO2S/c1-3-23-17-10-5-4-9-15(17)18(21)20-12-16(22-2)13-7-6-8-14(19)11-13/h4-11,16H,3,12H2,1-2H3,(H,20,21)/t16-/m0/s1. The Hall–Kier alpha value is -1.85. The molecule has 2 aromatic rings. The van der Waals surface area contributed by atoms with Crippen LogP contribution in [0.15, 0.2) is 53.4 Å². The van der Waals surface area contributed by atoms with Crippen LogP contribution in [0.2, 0.25) is 0 Å². The number of nitrogens with one attached hydrogen (secondary N) is 1. The summed E-state index contributed by atoms with van der Waals surface area (Å²) >= 11 is 1.63. The van der Waals surface area contributed by atoms with Crippen LogP contribution in [0.5, 0.6) is 0 Å². The van der Waals surface area contributed by atoms with Gasteiger partial charge in [-0.15, -0.1) is 11.8 Å². The molecule has 0 spiro atoms. The van der Waals surface area contributed by atoms with Crippen molar-refractivity contribution < 1.29 is 13.9 Å². The van der Waals surface area contributed by atoms with E-state index in [1.165, 1.54) is 12.1 Å². The van der Waals surface area contributed by atoms with E-state index in [4.69, 9.17) is 4.74 Å². The lowest BCUT2D eigenvalue weighted by Crippen LogP contribution is -2.29. The third kappa shape index (κ3) is 4.81. The van der Waals surface area contributed by atoms with Gasteiger partial charge < -0.3 is 10.1 Å². The maximum atomic E-state index is 13.3. The van der Waals surface area contributed by atoms with E-state index in [2.05, 4.69) is 5.32 Å². The zero-order valence-corrected chi connectivity index (χ0v) is 14.0. The van der Waals surface area contributed by atoms with E-state index in [-0.39, 0.29) is 24.4 Å². The van der Waals surface area contributed by atoms with Crippen LogP contribution in [0.3, 0.4) is 0 Å². The molecule has 23 heavy (non-hydrogen) atoms. The Morgan fingerprint density at radius 2 is 2.04 bits per heavy atom. The smallest absolute Gasteiger partial charge is 0.252 e. The Morgan fingerprint density at radius 1 is 1.26 bits per heavy atom. The van der Waals surface area contributed by atoms with E-state index < -0.39 is 0 Å². The molecule has 0 saturated heterocycles. The third-order valence-corrected chi connectivity index (χ3v) is 4.34. The van der Waals surface area contributed by atoms with Crippen molar-refractivity contribution in [1.29, 1.82) is 0 Å². The Bertz CT molecular complexity index is 663. The third-order valence-electron chi connectivity index (χ3n) is 3.38. The summed E-state index contributed by atoms with van der Waals surface area (Å²) in [5.41, 5.74) is 1.34. The van der Waals surface area contributed by atoms with Crippen molar-refractivity contribution in [2.24, 2.45) is 0 Å². The molecule has 0 saturated carbocycles. The predicted octanol–water partition coefficient (Wildman–Crippen LogP) is 4.06. The molecular weight excluding hydrogens is 313 g/mol. The van der Waals surface area contributed by atoms with E-state index >= 15 is 0 Å². The number of ether oxygens (including phenoxy) is 1. The fraction of sp³-hybridized carbons (Fsp3) is 0.278. The van der Waals surface area contributed by atoms with Crippen molar-refractivity contribution >= 4 is 17.7 Å². The maximum absolute atomic E-state index is 13.3. The van der Waals surface area contributed by atoms with Gasteiger partial charge in [-0.25, -0.2) is 4.39 Å². The molecule has 1 N–H and O–H groups in total. The van der Waals surface area contributed by atoms with Gasteiger partial charge >= 0.3 is 0 Å². The molecule has 2 rings (SSSR count). The second-order valence-corrected chi connectivity index (χ2v) is 6.22.